The lowest BCUT2D eigenvalue weighted by molar-refractivity contribution is 0.552. The minimum Gasteiger partial charge on any atom is -0.382 e. The number of aromatic nitrogens is 2. The van der Waals surface area contributed by atoms with E-state index in [-0.39, 0.29) is 0 Å². The van der Waals surface area contributed by atoms with Gasteiger partial charge in [-0.2, -0.15) is 5.10 Å². The van der Waals surface area contributed by atoms with Gasteiger partial charge in [-0.15, -0.1) is 0 Å². The maximum Gasteiger partial charge on any atom is 0.149 e. The fraction of sp³-hybridized carbons (Fsp3) is 0.667. The van der Waals surface area contributed by atoms with Crippen molar-refractivity contribution >= 4 is 5.82 Å². The van der Waals surface area contributed by atoms with E-state index in [1.165, 1.54) is 0 Å². The van der Waals surface area contributed by atoms with E-state index in [9.17, 15) is 0 Å². The zero-order valence-electron chi connectivity index (χ0n) is 8.54. The first kappa shape index (κ1) is 10.1. The molecule has 0 unspecified atom stereocenters. The summed E-state index contributed by atoms with van der Waals surface area (Å²) in [7, 11) is 1.88. The van der Waals surface area contributed by atoms with Gasteiger partial charge in [0.25, 0.3) is 0 Å². The molecule has 0 radical (unpaired) electrons. The van der Waals surface area contributed by atoms with Gasteiger partial charge < -0.3 is 11.1 Å². The minimum absolute atomic E-state index is 0.624. The Balaban J connectivity index is 2.40. The molecule has 0 aliphatic carbocycles. The van der Waals surface area contributed by atoms with Crippen LogP contribution in [0.3, 0.4) is 0 Å². The van der Waals surface area contributed by atoms with E-state index in [2.05, 4.69) is 24.3 Å². The molecule has 0 spiro atoms. The highest BCUT2D eigenvalue weighted by atomic mass is 15.3. The molecule has 3 N–H and O–H groups in total. The van der Waals surface area contributed by atoms with Gasteiger partial charge in [0.05, 0.1) is 0 Å². The smallest absolute Gasteiger partial charge is 0.149 e. The van der Waals surface area contributed by atoms with Crippen molar-refractivity contribution in [2.24, 2.45) is 13.0 Å². The number of nitrogens with two attached hydrogens (primary N) is 1. The lowest BCUT2D eigenvalue weighted by atomic mass is 10.2. The van der Waals surface area contributed by atoms with Gasteiger partial charge in [0.2, 0.25) is 0 Å². The molecule has 0 fully saturated rings. The van der Waals surface area contributed by atoms with E-state index in [4.69, 9.17) is 5.73 Å². The summed E-state index contributed by atoms with van der Waals surface area (Å²) >= 11 is 0. The quantitative estimate of drug-likeness (QED) is 0.722. The highest BCUT2D eigenvalue weighted by molar-refractivity contribution is 5.36. The Kier molecular flexibility index (Phi) is 3.31. The Hall–Kier alpha value is -1.03. The second-order valence-electron chi connectivity index (χ2n) is 3.74. The molecule has 1 aromatic heterocycles. The van der Waals surface area contributed by atoms with E-state index in [1.54, 1.807) is 4.68 Å². The van der Waals surface area contributed by atoms with Crippen LogP contribution in [0.2, 0.25) is 0 Å². The Morgan fingerprint density at radius 1 is 1.62 bits per heavy atom. The third-order valence-corrected chi connectivity index (χ3v) is 1.81. The second-order valence-corrected chi connectivity index (χ2v) is 3.74. The van der Waals surface area contributed by atoms with Crippen LogP contribution in [0.15, 0.2) is 6.20 Å². The molecule has 13 heavy (non-hydrogen) atoms. The van der Waals surface area contributed by atoms with Crippen LogP contribution in [-0.2, 0) is 13.6 Å². The predicted molar refractivity (Wildman–Crippen MR) is 54.2 cm³/mol. The number of aryl methyl sites for hydroxylation is 1. The van der Waals surface area contributed by atoms with Crippen molar-refractivity contribution < 1.29 is 0 Å². The number of hydrogen-bond donors (Lipinski definition) is 2. The molecule has 1 rings (SSSR count). The van der Waals surface area contributed by atoms with Crippen LogP contribution in [0.5, 0.6) is 0 Å². The first-order valence-electron chi connectivity index (χ1n) is 4.58. The van der Waals surface area contributed by atoms with Crippen LogP contribution in [0.1, 0.15) is 19.4 Å². The minimum atomic E-state index is 0.624. The summed E-state index contributed by atoms with van der Waals surface area (Å²) in [5, 5.41) is 7.39. The number of nitrogens with one attached hydrogen (secondary N) is 1. The van der Waals surface area contributed by atoms with E-state index in [0.29, 0.717) is 11.7 Å². The van der Waals surface area contributed by atoms with Gasteiger partial charge in [-0.1, -0.05) is 13.8 Å². The fourth-order valence-corrected chi connectivity index (χ4v) is 1.19. The summed E-state index contributed by atoms with van der Waals surface area (Å²) in [5.74, 6) is 1.29. The van der Waals surface area contributed by atoms with Crippen molar-refractivity contribution in [3.8, 4) is 0 Å². The molecule has 0 aromatic carbocycles. The number of nitrogens with zero attached hydrogens (tertiary/aromatic N) is 2. The molecule has 74 valence electrons. The summed E-state index contributed by atoms with van der Waals surface area (Å²) < 4.78 is 1.74. The molecule has 4 heteroatoms. The lowest BCUT2D eigenvalue weighted by Crippen LogP contribution is -2.19. The first-order valence-corrected chi connectivity index (χ1v) is 4.58. The van der Waals surface area contributed by atoms with E-state index >= 15 is 0 Å². The molecule has 0 atom stereocenters. The van der Waals surface area contributed by atoms with Gasteiger partial charge in [0.15, 0.2) is 0 Å². The highest BCUT2D eigenvalue weighted by Crippen LogP contribution is 2.06. The van der Waals surface area contributed by atoms with Gasteiger partial charge >= 0.3 is 0 Å². The Labute approximate surface area is 79.1 Å². The monoisotopic (exact) mass is 182 g/mol. The van der Waals surface area contributed by atoms with Gasteiger partial charge in [-0.05, 0) is 12.5 Å². The molecular formula is C9H18N4. The van der Waals surface area contributed by atoms with Gasteiger partial charge in [0, 0.05) is 25.4 Å². The van der Waals surface area contributed by atoms with Crippen LogP contribution in [-0.4, -0.2) is 16.3 Å². The summed E-state index contributed by atoms with van der Waals surface area (Å²) in [5.41, 5.74) is 6.76. The zero-order chi connectivity index (χ0) is 9.84. The molecule has 0 bridgehead atoms. The van der Waals surface area contributed by atoms with Crippen LogP contribution >= 0.6 is 0 Å². The number of rotatable bonds is 4. The first-order chi connectivity index (χ1) is 6.09. The molecule has 4 nitrogen and oxygen atoms in total. The molecule has 0 saturated heterocycles. The Morgan fingerprint density at radius 3 is 2.77 bits per heavy atom. The fourth-order valence-electron chi connectivity index (χ4n) is 1.19. The normalized spacial score (nSPS) is 11.1. The topological polar surface area (TPSA) is 55.9 Å². The Morgan fingerprint density at radius 2 is 2.31 bits per heavy atom. The molecule has 1 aromatic rings. The third kappa shape index (κ3) is 3.06. The standard InChI is InChI=1S/C9H18N4/c1-7(2)4-11-5-8-6-13(3)12-9(8)10/h6-7,11H,4-5H2,1-3H3,(H2,10,12). The highest BCUT2D eigenvalue weighted by Gasteiger charge is 2.02. The van der Waals surface area contributed by atoms with Crippen molar-refractivity contribution in [1.82, 2.24) is 15.1 Å². The summed E-state index contributed by atoms with van der Waals surface area (Å²) in [6.07, 6.45) is 1.95. The lowest BCUT2D eigenvalue weighted by Gasteiger charge is -2.05. The molecule has 0 saturated carbocycles. The average Bonchev–Trinajstić information content (AvgIpc) is 2.29. The van der Waals surface area contributed by atoms with Crippen molar-refractivity contribution in [3.63, 3.8) is 0 Å². The van der Waals surface area contributed by atoms with Crippen LogP contribution in [0.25, 0.3) is 0 Å². The maximum absolute atomic E-state index is 5.69. The van der Waals surface area contributed by atoms with Crippen molar-refractivity contribution in [2.75, 3.05) is 12.3 Å². The summed E-state index contributed by atoms with van der Waals surface area (Å²) in [6, 6.07) is 0. The van der Waals surface area contributed by atoms with Crippen molar-refractivity contribution in [2.45, 2.75) is 20.4 Å². The third-order valence-electron chi connectivity index (χ3n) is 1.81. The van der Waals surface area contributed by atoms with E-state index < -0.39 is 0 Å². The van der Waals surface area contributed by atoms with Crippen molar-refractivity contribution in [1.29, 1.82) is 0 Å². The number of anilines is 1. The van der Waals surface area contributed by atoms with Gasteiger partial charge in [0.1, 0.15) is 5.82 Å². The maximum atomic E-state index is 5.69. The second kappa shape index (κ2) is 4.28. The van der Waals surface area contributed by atoms with Gasteiger partial charge in [-0.25, -0.2) is 0 Å². The molecule has 1 heterocycles. The molecule has 0 aliphatic rings. The van der Waals surface area contributed by atoms with Crippen LogP contribution in [0.4, 0.5) is 5.82 Å². The van der Waals surface area contributed by atoms with Crippen LogP contribution < -0.4 is 11.1 Å². The van der Waals surface area contributed by atoms with Crippen molar-refractivity contribution in [3.05, 3.63) is 11.8 Å². The number of hydrogen-bond acceptors (Lipinski definition) is 3. The van der Waals surface area contributed by atoms with Crippen LogP contribution in [0, 0.1) is 5.92 Å². The SMILES string of the molecule is CC(C)CNCc1cn(C)nc1N. The molecule has 0 amide bonds. The summed E-state index contributed by atoms with van der Waals surface area (Å²) in [6.45, 7) is 6.17. The largest absolute Gasteiger partial charge is 0.382 e. The Bertz CT molecular complexity index is 265. The molecule has 0 aliphatic heterocycles. The van der Waals surface area contributed by atoms with E-state index in [1.807, 2.05) is 13.2 Å². The van der Waals surface area contributed by atoms with Gasteiger partial charge in [-0.3, -0.25) is 4.68 Å². The van der Waals surface area contributed by atoms with E-state index in [0.717, 1.165) is 18.7 Å². The average molecular weight is 182 g/mol. The summed E-state index contributed by atoms with van der Waals surface area (Å²) in [4.78, 5) is 0. The zero-order valence-corrected chi connectivity index (χ0v) is 8.54. The molecular weight excluding hydrogens is 164 g/mol. The predicted octanol–water partition coefficient (Wildman–Crippen LogP) is 0.748. The number of nitrogen functional groups attached to an aromatic ring is 1.